The summed E-state index contributed by atoms with van der Waals surface area (Å²) in [5.74, 6) is -1.31. The third kappa shape index (κ3) is 4.26. The molecule has 1 fully saturated rings. The van der Waals surface area contributed by atoms with Gasteiger partial charge in [0.15, 0.2) is 5.69 Å². The SMILES string of the molecule is CCc1ccc(N2C(=O)c3c(C(=O)OC)ncn3CC2(C)C(=O)NC2CCCCCC2)cc1. The fourth-order valence-corrected chi connectivity index (χ4v) is 4.93. The summed E-state index contributed by atoms with van der Waals surface area (Å²) in [6.45, 7) is 4.03. The van der Waals surface area contributed by atoms with Crippen molar-refractivity contribution in [3.8, 4) is 0 Å². The van der Waals surface area contributed by atoms with Crippen molar-refractivity contribution in [2.24, 2.45) is 0 Å². The second-order valence-corrected chi connectivity index (χ2v) is 9.16. The molecule has 1 aromatic heterocycles. The van der Waals surface area contributed by atoms with Crippen molar-refractivity contribution in [3.63, 3.8) is 0 Å². The first-order chi connectivity index (χ1) is 15.9. The number of hydrogen-bond acceptors (Lipinski definition) is 5. The molecule has 1 aromatic carbocycles. The van der Waals surface area contributed by atoms with Crippen LogP contribution in [0.1, 0.15) is 78.9 Å². The molecule has 0 saturated heterocycles. The molecule has 1 aliphatic heterocycles. The van der Waals surface area contributed by atoms with E-state index in [-0.39, 0.29) is 29.9 Å². The molecule has 1 unspecified atom stereocenters. The van der Waals surface area contributed by atoms with E-state index in [4.69, 9.17) is 4.74 Å². The monoisotopic (exact) mass is 452 g/mol. The second kappa shape index (κ2) is 9.37. The number of esters is 1. The van der Waals surface area contributed by atoms with Gasteiger partial charge in [0, 0.05) is 11.7 Å². The molecule has 8 nitrogen and oxygen atoms in total. The number of fused-ring (bicyclic) bond motifs is 1. The van der Waals surface area contributed by atoms with Crippen molar-refractivity contribution in [2.45, 2.75) is 76.9 Å². The highest BCUT2D eigenvalue weighted by molar-refractivity contribution is 6.15. The Morgan fingerprint density at radius 1 is 1.15 bits per heavy atom. The average Bonchev–Trinajstić information content (AvgIpc) is 3.07. The molecule has 33 heavy (non-hydrogen) atoms. The molecular weight excluding hydrogens is 420 g/mol. The molecule has 2 aliphatic rings. The normalized spacial score (nSPS) is 21.3. The van der Waals surface area contributed by atoms with Crippen LogP contribution in [-0.2, 0) is 22.5 Å². The first-order valence-electron chi connectivity index (χ1n) is 11.8. The summed E-state index contributed by atoms with van der Waals surface area (Å²) in [6, 6.07) is 7.74. The standard InChI is InChI=1S/C25H32N4O4/c1-4-17-11-13-19(14-12-17)29-22(30)21-20(23(31)33-3)26-16-28(21)15-25(29,2)24(32)27-18-9-7-5-6-8-10-18/h11-14,16,18H,4-10,15H2,1-3H3,(H,27,32). The van der Waals surface area contributed by atoms with Gasteiger partial charge in [-0.15, -0.1) is 0 Å². The fourth-order valence-electron chi connectivity index (χ4n) is 4.93. The van der Waals surface area contributed by atoms with Gasteiger partial charge < -0.3 is 14.6 Å². The number of nitrogens with zero attached hydrogens (tertiary/aromatic N) is 3. The molecule has 2 heterocycles. The summed E-state index contributed by atoms with van der Waals surface area (Å²) < 4.78 is 6.42. The minimum Gasteiger partial charge on any atom is -0.464 e. The number of benzene rings is 1. The van der Waals surface area contributed by atoms with Crippen LogP contribution >= 0.6 is 0 Å². The van der Waals surface area contributed by atoms with Crippen LogP contribution in [0, 0.1) is 0 Å². The van der Waals surface area contributed by atoms with Gasteiger partial charge in [-0.3, -0.25) is 14.5 Å². The van der Waals surface area contributed by atoms with Gasteiger partial charge in [0.2, 0.25) is 5.91 Å². The third-order valence-corrected chi connectivity index (χ3v) is 6.88. The Bertz CT molecular complexity index is 1040. The highest BCUT2D eigenvalue weighted by Gasteiger charge is 2.50. The summed E-state index contributed by atoms with van der Waals surface area (Å²) in [7, 11) is 1.26. The Morgan fingerprint density at radius 2 is 1.82 bits per heavy atom. The van der Waals surface area contributed by atoms with Crippen molar-refractivity contribution in [2.75, 3.05) is 12.0 Å². The van der Waals surface area contributed by atoms with Gasteiger partial charge in [-0.05, 0) is 43.9 Å². The number of rotatable bonds is 5. The van der Waals surface area contributed by atoms with E-state index in [0.29, 0.717) is 5.69 Å². The highest BCUT2D eigenvalue weighted by Crippen LogP contribution is 2.34. The molecular formula is C25H32N4O4. The minimum absolute atomic E-state index is 0.0381. The maximum absolute atomic E-state index is 13.8. The lowest BCUT2D eigenvalue weighted by Crippen LogP contribution is -2.65. The fraction of sp³-hybridized carbons (Fsp3) is 0.520. The molecule has 176 valence electrons. The Kier molecular flexibility index (Phi) is 6.54. The Balaban J connectivity index is 1.75. The van der Waals surface area contributed by atoms with Crippen molar-refractivity contribution >= 4 is 23.5 Å². The highest BCUT2D eigenvalue weighted by atomic mass is 16.5. The molecule has 1 atom stereocenters. The predicted molar refractivity (Wildman–Crippen MR) is 124 cm³/mol. The lowest BCUT2D eigenvalue weighted by atomic mass is 9.92. The number of nitrogens with one attached hydrogen (secondary N) is 1. The van der Waals surface area contributed by atoms with Gasteiger partial charge in [-0.1, -0.05) is 44.7 Å². The van der Waals surface area contributed by atoms with E-state index in [1.807, 2.05) is 24.3 Å². The molecule has 1 saturated carbocycles. The second-order valence-electron chi connectivity index (χ2n) is 9.16. The predicted octanol–water partition coefficient (Wildman–Crippen LogP) is 3.49. The van der Waals surface area contributed by atoms with Crippen molar-refractivity contribution in [3.05, 3.63) is 47.5 Å². The quantitative estimate of drug-likeness (QED) is 0.554. The topological polar surface area (TPSA) is 93.5 Å². The van der Waals surface area contributed by atoms with E-state index in [1.54, 1.807) is 11.5 Å². The maximum Gasteiger partial charge on any atom is 0.359 e. The van der Waals surface area contributed by atoms with E-state index < -0.39 is 17.4 Å². The number of methoxy groups -OCH3 is 1. The molecule has 0 radical (unpaired) electrons. The van der Waals surface area contributed by atoms with Crippen molar-refractivity contribution in [1.29, 1.82) is 0 Å². The molecule has 4 rings (SSSR count). The number of carbonyl (C=O) groups is 3. The summed E-state index contributed by atoms with van der Waals surface area (Å²) in [5, 5.41) is 3.23. The van der Waals surface area contributed by atoms with Crippen LogP contribution in [0.2, 0.25) is 0 Å². The lowest BCUT2D eigenvalue weighted by Gasteiger charge is -2.44. The summed E-state index contributed by atoms with van der Waals surface area (Å²) in [5.41, 5.74) is 0.662. The Hall–Kier alpha value is -3.16. The van der Waals surface area contributed by atoms with Crippen LogP contribution in [0.3, 0.4) is 0 Å². The van der Waals surface area contributed by atoms with Crippen molar-refractivity contribution < 1.29 is 19.1 Å². The number of anilines is 1. The average molecular weight is 453 g/mol. The van der Waals surface area contributed by atoms with Crippen LogP contribution in [0.5, 0.6) is 0 Å². The van der Waals surface area contributed by atoms with Crippen LogP contribution in [0.15, 0.2) is 30.6 Å². The van der Waals surface area contributed by atoms with E-state index in [1.165, 1.54) is 31.2 Å². The number of aromatic nitrogens is 2. The van der Waals surface area contributed by atoms with Gasteiger partial charge in [0.05, 0.1) is 20.0 Å². The van der Waals surface area contributed by atoms with E-state index >= 15 is 0 Å². The van der Waals surface area contributed by atoms with Gasteiger partial charge in [0.1, 0.15) is 11.2 Å². The first kappa shape index (κ1) is 23.0. The number of amides is 2. The van der Waals surface area contributed by atoms with E-state index in [9.17, 15) is 14.4 Å². The molecule has 1 aliphatic carbocycles. The number of ether oxygens (including phenoxy) is 1. The Morgan fingerprint density at radius 3 is 2.42 bits per heavy atom. The molecule has 1 N–H and O–H groups in total. The zero-order valence-corrected chi connectivity index (χ0v) is 19.6. The molecule has 2 aromatic rings. The molecule has 2 amide bonds. The van der Waals surface area contributed by atoms with Gasteiger partial charge in [-0.25, -0.2) is 9.78 Å². The zero-order chi connectivity index (χ0) is 23.6. The third-order valence-electron chi connectivity index (χ3n) is 6.88. The summed E-state index contributed by atoms with van der Waals surface area (Å²) >= 11 is 0. The first-order valence-corrected chi connectivity index (χ1v) is 11.8. The number of hydrogen-bond donors (Lipinski definition) is 1. The summed E-state index contributed by atoms with van der Waals surface area (Å²) in [6.07, 6.45) is 8.77. The number of aryl methyl sites for hydroxylation is 1. The minimum atomic E-state index is -1.18. The van der Waals surface area contributed by atoms with E-state index in [0.717, 1.165) is 37.7 Å². The van der Waals surface area contributed by atoms with E-state index in [2.05, 4.69) is 17.2 Å². The smallest absolute Gasteiger partial charge is 0.359 e. The maximum atomic E-state index is 13.8. The van der Waals surface area contributed by atoms with Crippen LogP contribution in [0.25, 0.3) is 0 Å². The molecule has 0 spiro atoms. The van der Waals surface area contributed by atoms with Crippen molar-refractivity contribution in [1.82, 2.24) is 14.9 Å². The molecule has 0 bridgehead atoms. The molecule has 8 heteroatoms. The Labute approximate surface area is 194 Å². The van der Waals surface area contributed by atoms with Crippen LogP contribution < -0.4 is 10.2 Å². The zero-order valence-electron chi connectivity index (χ0n) is 19.6. The van der Waals surface area contributed by atoms with Gasteiger partial charge in [0.25, 0.3) is 5.91 Å². The lowest BCUT2D eigenvalue weighted by molar-refractivity contribution is -0.127. The number of carbonyl (C=O) groups excluding carboxylic acids is 3. The van der Waals surface area contributed by atoms with Crippen LogP contribution in [0.4, 0.5) is 5.69 Å². The largest absolute Gasteiger partial charge is 0.464 e. The van der Waals surface area contributed by atoms with Gasteiger partial charge in [-0.2, -0.15) is 0 Å². The van der Waals surface area contributed by atoms with Crippen LogP contribution in [-0.4, -0.2) is 46.0 Å². The van der Waals surface area contributed by atoms with Gasteiger partial charge >= 0.3 is 5.97 Å². The summed E-state index contributed by atoms with van der Waals surface area (Å²) in [4.78, 5) is 45.5. The number of imidazole rings is 1.